The summed E-state index contributed by atoms with van der Waals surface area (Å²) in [6.45, 7) is 3.26. The van der Waals surface area contributed by atoms with Crippen LogP contribution >= 0.6 is 0 Å². The highest BCUT2D eigenvalue weighted by atomic mass is 16.2. The first kappa shape index (κ1) is 20.0. The highest BCUT2D eigenvalue weighted by Crippen LogP contribution is 2.37. The van der Waals surface area contributed by atoms with Crippen LogP contribution in [0.3, 0.4) is 0 Å². The Morgan fingerprint density at radius 1 is 1.18 bits per heavy atom. The first-order valence-corrected chi connectivity index (χ1v) is 9.77. The Kier molecular flexibility index (Phi) is 6.42. The molecule has 0 saturated carbocycles. The second-order valence-corrected chi connectivity index (χ2v) is 7.43. The first-order chi connectivity index (χ1) is 13.5. The number of nitrogens with one attached hydrogen (secondary N) is 1. The fourth-order valence-electron chi connectivity index (χ4n) is 3.39. The summed E-state index contributed by atoms with van der Waals surface area (Å²) in [6, 6.07) is 7.19. The number of rotatable bonds is 7. The Morgan fingerprint density at radius 2 is 1.96 bits per heavy atom. The van der Waals surface area contributed by atoms with Gasteiger partial charge in [-0.2, -0.15) is 10.2 Å². The SMILES string of the molecule is C#CCCC1(CCC(=O)Nc2ccccc2C(=O)N2CCCN(C)CC2)N=N1. The zero-order valence-corrected chi connectivity index (χ0v) is 16.4. The van der Waals surface area contributed by atoms with Crippen molar-refractivity contribution in [2.24, 2.45) is 10.2 Å². The molecular formula is C21H27N5O2. The van der Waals surface area contributed by atoms with Gasteiger partial charge in [-0.15, -0.1) is 12.3 Å². The topological polar surface area (TPSA) is 77.4 Å². The number of carbonyl (C=O) groups is 2. The normalized spacial score (nSPS) is 18.2. The maximum absolute atomic E-state index is 13.0. The lowest BCUT2D eigenvalue weighted by Gasteiger charge is -2.22. The summed E-state index contributed by atoms with van der Waals surface area (Å²) >= 11 is 0. The van der Waals surface area contributed by atoms with Crippen LogP contribution < -0.4 is 5.32 Å². The number of hydrogen-bond acceptors (Lipinski definition) is 5. The van der Waals surface area contributed by atoms with Crippen molar-refractivity contribution in [3.05, 3.63) is 29.8 Å². The van der Waals surface area contributed by atoms with E-state index in [1.807, 2.05) is 17.0 Å². The highest BCUT2D eigenvalue weighted by molar-refractivity contribution is 6.03. The fourth-order valence-corrected chi connectivity index (χ4v) is 3.39. The van der Waals surface area contributed by atoms with Gasteiger partial charge in [-0.3, -0.25) is 9.59 Å². The molecule has 0 unspecified atom stereocenters. The minimum absolute atomic E-state index is 0.0381. The van der Waals surface area contributed by atoms with Crippen LogP contribution in [-0.4, -0.2) is 60.5 Å². The van der Waals surface area contributed by atoms with E-state index in [-0.39, 0.29) is 18.2 Å². The molecule has 7 nitrogen and oxygen atoms in total. The monoisotopic (exact) mass is 381 g/mol. The molecule has 2 aliphatic rings. The highest BCUT2D eigenvalue weighted by Gasteiger charge is 2.39. The van der Waals surface area contributed by atoms with Gasteiger partial charge in [0, 0.05) is 45.3 Å². The number of amides is 2. The average molecular weight is 381 g/mol. The van der Waals surface area contributed by atoms with Crippen molar-refractivity contribution in [3.8, 4) is 12.3 Å². The molecule has 1 aromatic carbocycles. The van der Waals surface area contributed by atoms with Crippen molar-refractivity contribution >= 4 is 17.5 Å². The molecule has 0 radical (unpaired) electrons. The van der Waals surface area contributed by atoms with Crippen molar-refractivity contribution in [1.82, 2.24) is 9.80 Å². The summed E-state index contributed by atoms with van der Waals surface area (Å²) in [7, 11) is 2.07. The molecule has 2 aliphatic heterocycles. The van der Waals surface area contributed by atoms with Gasteiger partial charge in [0.2, 0.25) is 5.91 Å². The van der Waals surface area contributed by atoms with Crippen molar-refractivity contribution < 1.29 is 9.59 Å². The Bertz CT molecular complexity index is 792. The summed E-state index contributed by atoms with van der Waals surface area (Å²) in [4.78, 5) is 29.6. The second kappa shape index (κ2) is 8.98. The smallest absolute Gasteiger partial charge is 0.256 e. The zero-order valence-electron chi connectivity index (χ0n) is 16.4. The second-order valence-electron chi connectivity index (χ2n) is 7.43. The van der Waals surface area contributed by atoms with Crippen molar-refractivity contribution in [2.75, 3.05) is 38.5 Å². The number of terminal acetylenes is 1. The van der Waals surface area contributed by atoms with E-state index >= 15 is 0 Å². The molecule has 28 heavy (non-hydrogen) atoms. The molecule has 2 amide bonds. The lowest BCUT2D eigenvalue weighted by atomic mass is 10.0. The van der Waals surface area contributed by atoms with Crippen molar-refractivity contribution in [3.63, 3.8) is 0 Å². The van der Waals surface area contributed by atoms with Gasteiger partial charge in [0.15, 0.2) is 5.66 Å². The van der Waals surface area contributed by atoms with E-state index in [2.05, 4.69) is 33.4 Å². The van der Waals surface area contributed by atoms with Gasteiger partial charge in [-0.05, 0) is 32.1 Å². The van der Waals surface area contributed by atoms with Crippen LogP contribution in [-0.2, 0) is 4.79 Å². The van der Waals surface area contributed by atoms with Gasteiger partial charge in [-0.25, -0.2) is 0 Å². The molecular weight excluding hydrogens is 354 g/mol. The molecule has 1 aromatic rings. The van der Waals surface area contributed by atoms with Crippen LogP contribution in [0.15, 0.2) is 34.5 Å². The maximum atomic E-state index is 13.0. The van der Waals surface area contributed by atoms with Crippen LogP contribution in [0.5, 0.6) is 0 Å². The van der Waals surface area contributed by atoms with Gasteiger partial charge in [0.1, 0.15) is 0 Å². The summed E-state index contributed by atoms with van der Waals surface area (Å²) in [6.07, 6.45) is 8.34. The molecule has 0 aliphatic carbocycles. The Hall–Kier alpha value is -2.72. The van der Waals surface area contributed by atoms with E-state index in [0.29, 0.717) is 37.1 Å². The molecule has 0 aromatic heterocycles. The lowest BCUT2D eigenvalue weighted by Crippen LogP contribution is -2.35. The molecule has 3 rings (SSSR count). The molecule has 148 valence electrons. The fraction of sp³-hybridized carbons (Fsp3) is 0.524. The molecule has 7 heteroatoms. The Balaban J connectivity index is 1.59. The third kappa shape index (κ3) is 5.17. The molecule has 1 N–H and O–H groups in total. The number of carbonyl (C=O) groups excluding carboxylic acids is 2. The average Bonchev–Trinajstić information content (AvgIpc) is 3.50. The first-order valence-electron chi connectivity index (χ1n) is 9.77. The summed E-state index contributed by atoms with van der Waals surface area (Å²) in [5.74, 6) is 2.40. The van der Waals surface area contributed by atoms with E-state index in [9.17, 15) is 9.59 Å². The van der Waals surface area contributed by atoms with E-state index in [1.54, 1.807) is 12.1 Å². The van der Waals surface area contributed by atoms with Crippen LogP contribution in [0.2, 0.25) is 0 Å². The predicted molar refractivity (Wildman–Crippen MR) is 108 cm³/mol. The van der Waals surface area contributed by atoms with Crippen LogP contribution in [0.1, 0.15) is 42.5 Å². The standard InChI is InChI=1S/C21H27N5O2/c1-3-4-11-21(23-24-21)12-10-19(27)22-18-9-6-5-8-17(18)20(28)26-14-7-13-25(2)15-16-26/h1,5-6,8-9H,4,7,10-16H2,2H3,(H,22,27). The molecule has 1 saturated heterocycles. The van der Waals surface area contributed by atoms with E-state index in [1.165, 1.54) is 0 Å². The summed E-state index contributed by atoms with van der Waals surface area (Å²) in [5, 5.41) is 11.0. The van der Waals surface area contributed by atoms with Crippen LogP contribution in [0.4, 0.5) is 5.69 Å². The largest absolute Gasteiger partial charge is 0.337 e. The van der Waals surface area contributed by atoms with Gasteiger partial charge in [0.05, 0.1) is 11.3 Å². The Labute approximate surface area is 166 Å². The third-order valence-corrected chi connectivity index (χ3v) is 5.24. The van der Waals surface area contributed by atoms with Crippen LogP contribution in [0, 0.1) is 12.3 Å². The minimum atomic E-state index is -0.475. The van der Waals surface area contributed by atoms with Crippen molar-refractivity contribution in [2.45, 2.75) is 37.8 Å². The molecule has 1 fully saturated rings. The van der Waals surface area contributed by atoms with Crippen molar-refractivity contribution in [1.29, 1.82) is 0 Å². The van der Waals surface area contributed by atoms with Crippen LogP contribution in [0.25, 0.3) is 0 Å². The zero-order chi connectivity index (χ0) is 20.0. The minimum Gasteiger partial charge on any atom is -0.337 e. The number of para-hydroxylation sites is 1. The van der Waals surface area contributed by atoms with Gasteiger partial charge in [-0.1, -0.05) is 12.1 Å². The number of hydrogen-bond donors (Lipinski definition) is 1. The molecule has 0 atom stereocenters. The maximum Gasteiger partial charge on any atom is 0.256 e. The molecule has 0 bridgehead atoms. The Morgan fingerprint density at radius 3 is 2.71 bits per heavy atom. The third-order valence-electron chi connectivity index (χ3n) is 5.24. The molecule has 0 spiro atoms. The van der Waals surface area contributed by atoms with Gasteiger partial charge >= 0.3 is 0 Å². The summed E-state index contributed by atoms with van der Waals surface area (Å²) in [5.41, 5.74) is 0.609. The van der Waals surface area contributed by atoms with Gasteiger partial charge in [0.25, 0.3) is 5.91 Å². The van der Waals surface area contributed by atoms with E-state index < -0.39 is 5.66 Å². The van der Waals surface area contributed by atoms with E-state index in [4.69, 9.17) is 6.42 Å². The quantitative estimate of drug-likeness (QED) is 0.738. The number of benzene rings is 1. The van der Waals surface area contributed by atoms with Gasteiger partial charge < -0.3 is 15.1 Å². The lowest BCUT2D eigenvalue weighted by molar-refractivity contribution is -0.116. The number of nitrogens with zero attached hydrogens (tertiary/aromatic N) is 4. The number of anilines is 1. The van der Waals surface area contributed by atoms with E-state index in [0.717, 1.165) is 26.1 Å². The number of likely N-dealkylation sites (N-methyl/N-ethyl adjacent to an activating group) is 1. The predicted octanol–water partition coefficient (Wildman–Crippen LogP) is 2.76. The molecule has 2 heterocycles. The summed E-state index contributed by atoms with van der Waals surface area (Å²) < 4.78 is 0.